The second-order valence-corrected chi connectivity index (χ2v) is 8.40. The molecule has 0 spiro atoms. The van der Waals surface area contributed by atoms with Crippen LogP contribution in [0, 0.1) is 5.41 Å². The minimum Gasteiger partial charge on any atom is -0.482 e. The van der Waals surface area contributed by atoms with Crippen LogP contribution in [0.15, 0.2) is 53.1 Å². The third kappa shape index (κ3) is 5.49. The van der Waals surface area contributed by atoms with E-state index in [0.717, 1.165) is 5.56 Å². The smallest absolute Gasteiger partial charge is 0.258 e. The Balaban J connectivity index is 1.71. The molecule has 0 unspecified atom stereocenters. The SMILES string of the molecule is CC(C)(C)[C@H](NC(=O)COc1ccc(Cl)cc1Cl)c1nc(-c2ccccc2)no1. The van der Waals surface area contributed by atoms with Gasteiger partial charge in [-0.3, -0.25) is 4.79 Å². The number of carbonyl (C=O) groups is 1. The monoisotopic (exact) mass is 433 g/mol. The summed E-state index contributed by atoms with van der Waals surface area (Å²) in [6, 6.07) is 13.8. The Hall–Kier alpha value is -2.57. The fourth-order valence-electron chi connectivity index (χ4n) is 2.64. The summed E-state index contributed by atoms with van der Waals surface area (Å²) in [5, 5.41) is 7.78. The van der Waals surface area contributed by atoms with Gasteiger partial charge in [0, 0.05) is 10.6 Å². The quantitative estimate of drug-likeness (QED) is 0.568. The first-order chi connectivity index (χ1) is 13.7. The van der Waals surface area contributed by atoms with Gasteiger partial charge in [-0.1, -0.05) is 79.5 Å². The van der Waals surface area contributed by atoms with Crippen molar-refractivity contribution in [3.8, 4) is 17.1 Å². The Morgan fingerprint density at radius 1 is 1.17 bits per heavy atom. The first-order valence-electron chi connectivity index (χ1n) is 9.00. The predicted octanol–water partition coefficient (Wildman–Crippen LogP) is 5.33. The predicted molar refractivity (Wildman–Crippen MR) is 112 cm³/mol. The van der Waals surface area contributed by atoms with Crippen molar-refractivity contribution in [2.24, 2.45) is 5.41 Å². The lowest BCUT2D eigenvalue weighted by Gasteiger charge is -2.28. The molecule has 0 aliphatic heterocycles. The Bertz CT molecular complexity index is 984. The summed E-state index contributed by atoms with van der Waals surface area (Å²) in [7, 11) is 0. The van der Waals surface area contributed by atoms with Crippen LogP contribution in [0.4, 0.5) is 0 Å². The second-order valence-electron chi connectivity index (χ2n) is 7.55. The summed E-state index contributed by atoms with van der Waals surface area (Å²) in [5.74, 6) is 0.834. The molecular weight excluding hydrogens is 413 g/mol. The maximum Gasteiger partial charge on any atom is 0.258 e. The van der Waals surface area contributed by atoms with Crippen molar-refractivity contribution in [2.45, 2.75) is 26.8 Å². The van der Waals surface area contributed by atoms with Crippen LogP contribution in [0.1, 0.15) is 32.7 Å². The largest absolute Gasteiger partial charge is 0.482 e. The molecule has 152 valence electrons. The van der Waals surface area contributed by atoms with E-state index in [0.29, 0.717) is 27.5 Å². The number of hydrogen-bond acceptors (Lipinski definition) is 5. The van der Waals surface area contributed by atoms with Gasteiger partial charge >= 0.3 is 0 Å². The van der Waals surface area contributed by atoms with Gasteiger partial charge in [-0.15, -0.1) is 0 Å². The maximum atomic E-state index is 12.5. The standard InChI is InChI=1S/C21H21Cl2N3O3/c1-21(2,3)18(20-25-19(26-29-20)13-7-5-4-6-8-13)24-17(27)12-28-16-10-9-14(22)11-15(16)23/h4-11,18H,12H2,1-3H3,(H,24,27)/t18-/m1/s1. The van der Waals surface area contributed by atoms with E-state index in [1.54, 1.807) is 18.2 Å². The number of amides is 1. The molecule has 8 heteroatoms. The van der Waals surface area contributed by atoms with E-state index in [9.17, 15) is 4.79 Å². The molecule has 0 saturated carbocycles. The zero-order valence-corrected chi connectivity index (χ0v) is 17.8. The molecule has 2 aromatic carbocycles. The molecule has 1 aromatic heterocycles. The third-order valence-electron chi connectivity index (χ3n) is 4.14. The molecule has 1 N–H and O–H groups in total. The Kier molecular flexibility index (Phi) is 6.45. The molecule has 29 heavy (non-hydrogen) atoms. The summed E-state index contributed by atoms with van der Waals surface area (Å²) >= 11 is 11.9. The van der Waals surface area contributed by atoms with Gasteiger partial charge in [0.1, 0.15) is 11.8 Å². The molecule has 0 fully saturated rings. The van der Waals surface area contributed by atoms with E-state index < -0.39 is 6.04 Å². The van der Waals surface area contributed by atoms with Gasteiger partial charge in [0.2, 0.25) is 11.7 Å². The highest BCUT2D eigenvalue weighted by Crippen LogP contribution is 2.33. The maximum absolute atomic E-state index is 12.5. The van der Waals surface area contributed by atoms with Crippen molar-refractivity contribution >= 4 is 29.1 Å². The number of ether oxygens (including phenoxy) is 1. The number of nitrogens with zero attached hydrogens (tertiary/aromatic N) is 2. The molecule has 3 aromatic rings. The van der Waals surface area contributed by atoms with E-state index in [1.165, 1.54) is 0 Å². The average Bonchev–Trinajstić information content (AvgIpc) is 3.15. The number of rotatable bonds is 6. The lowest BCUT2D eigenvalue weighted by atomic mass is 9.86. The molecule has 0 aliphatic rings. The molecule has 1 atom stereocenters. The lowest BCUT2D eigenvalue weighted by Crippen LogP contribution is -2.39. The topological polar surface area (TPSA) is 77.2 Å². The fraction of sp³-hybridized carbons (Fsp3) is 0.286. The summed E-state index contributed by atoms with van der Waals surface area (Å²) in [6.07, 6.45) is 0. The summed E-state index contributed by atoms with van der Waals surface area (Å²) in [5.41, 5.74) is 0.468. The number of carbonyl (C=O) groups excluding carboxylic acids is 1. The van der Waals surface area contributed by atoms with Crippen LogP contribution in [-0.2, 0) is 4.79 Å². The van der Waals surface area contributed by atoms with Gasteiger partial charge in [-0.25, -0.2) is 0 Å². The van der Waals surface area contributed by atoms with Crippen LogP contribution in [0.5, 0.6) is 5.75 Å². The van der Waals surface area contributed by atoms with Crippen LogP contribution in [-0.4, -0.2) is 22.7 Å². The normalized spacial score (nSPS) is 12.4. The highest BCUT2D eigenvalue weighted by atomic mass is 35.5. The summed E-state index contributed by atoms with van der Waals surface area (Å²) in [4.78, 5) is 17.0. The first kappa shape index (κ1) is 21.1. The Morgan fingerprint density at radius 2 is 1.90 bits per heavy atom. The molecule has 0 aliphatic carbocycles. The van der Waals surface area contributed by atoms with Gasteiger partial charge < -0.3 is 14.6 Å². The van der Waals surface area contributed by atoms with E-state index in [2.05, 4.69) is 15.5 Å². The molecule has 1 amide bonds. The molecule has 0 radical (unpaired) electrons. The second kappa shape index (κ2) is 8.84. The third-order valence-corrected chi connectivity index (χ3v) is 4.68. The van der Waals surface area contributed by atoms with Crippen molar-refractivity contribution in [1.82, 2.24) is 15.5 Å². The minimum absolute atomic E-state index is 0.215. The van der Waals surface area contributed by atoms with Crippen molar-refractivity contribution in [3.05, 3.63) is 64.5 Å². The van der Waals surface area contributed by atoms with E-state index >= 15 is 0 Å². The number of nitrogens with one attached hydrogen (secondary N) is 1. The zero-order valence-electron chi connectivity index (χ0n) is 16.3. The van der Waals surface area contributed by atoms with Crippen LogP contribution in [0.3, 0.4) is 0 Å². The molecular formula is C21H21Cl2N3O3. The van der Waals surface area contributed by atoms with Crippen LogP contribution in [0.2, 0.25) is 10.0 Å². The summed E-state index contributed by atoms with van der Waals surface area (Å²) in [6.45, 7) is 5.71. The van der Waals surface area contributed by atoms with Crippen molar-refractivity contribution < 1.29 is 14.1 Å². The molecule has 1 heterocycles. The van der Waals surface area contributed by atoms with Gasteiger partial charge in [0.25, 0.3) is 5.91 Å². The number of aromatic nitrogens is 2. The Morgan fingerprint density at radius 3 is 2.55 bits per heavy atom. The number of benzene rings is 2. The molecule has 0 saturated heterocycles. The molecule has 0 bridgehead atoms. The highest BCUT2D eigenvalue weighted by Gasteiger charge is 2.33. The first-order valence-corrected chi connectivity index (χ1v) is 9.76. The van der Waals surface area contributed by atoms with Gasteiger partial charge in [-0.05, 0) is 23.6 Å². The molecule has 6 nitrogen and oxygen atoms in total. The van der Waals surface area contributed by atoms with E-state index in [4.69, 9.17) is 32.5 Å². The Labute approximate surface area is 179 Å². The molecule has 3 rings (SSSR count). The van der Waals surface area contributed by atoms with Crippen molar-refractivity contribution in [3.63, 3.8) is 0 Å². The van der Waals surface area contributed by atoms with Gasteiger partial charge in [0.15, 0.2) is 6.61 Å². The van der Waals surface area contributed by atoms with Crippen molar-refractivity contribution in [1.29, 1.82) is 0 Å². The van der Waals surface area contributed by atoms with Crippen LogP contribution in [0.25, 0.3) is 11.4 Å². The minimum atomic E-state index is -0.496. The van der Waals surface area contributed by atoms with Crippen LogP contribution >= 0.6 is 23.2 Å². The van der Waals surface area contributed by atoms with Crippen molar-refractivity contribution in [2.75, 3.05) is 6.61 Å². The fourth-order valence-corrected chi connectivity index (χ4v) is 3.11. The zero-order chi connectivity index (χ0) is 21.0. The summed E-state index contributed by atoms with van der Waals surface area (Å²) < 4.78 is 11.0. The van der Waals surface area contributed by atoms with Crippen LogP contribution < -0.4 is 10.1 Å². The number of halogens is 2. The van der Waals surface area contributed by atoms with Gasteiger partial charge in [0.05, 0.1) is 5.02 Å². The van der Waals surface area contributed by atoms with E-state index in [-0.39, 0.29) is 17.9 Å². The average molecular weight is 434 g/mol. The van der Waals surface area contributed by atoms with E-state index in [1.807, 2.05) is 51.1 Å². The number of hydrogen-bond donors (Lipinski definition) is 1. The highest BCUT2D eigenvalue weighted by molar-refractivity contribution is 6.35. The van der Waals surface area contributed by atoms with Gasteiger partial charge in [-0.2, -0.15) is 4.98 Å². The lowest BCUT2D eigenvalue weighted by molar-refractivity contribution is -0.124.